The van der Waals surface area contributed by atoms with Crippen LogP contribution < -0.4 is 5.32 Å². The number of amides is 1. The number of anilines is 1. The van der Waals surface area contributed by atoms with Crippen molar-refractivity contribution in [3.8, 4) is 0 Å². The number of nitrogens with one attached hydrogen (secondary N) is 1. The van der Waals surface area contributed by atoms with Crippen molar-refractivity contribution in [3.05, 3.63) is 41.6 Å². The van der Waals surface area contributed by atoms with Gasteiger partial charge < -0.3 is 5.32 Å². The Morgan fingerprint density at radius 1 is 1.23 bits per heavy atom. The molecule has 1 fully saturated rings. The predicted octanol–water partition coefficient (Wildman–Crippen LogP) is 1.97. The van der Waals surface area contributed by atoms with Gasteiger partial charge in [0, 0.05) is 43.5 Å². The number of rotatable bonds is 5. The largest absolute Gasteiger partial charge is 0.322 e. The summed E-state index contributed by atoms with van der Waals surface area (Å²) < 4.78 is 28.6. The van der Waals surface area contributed by atoms with Crippen LogP contribution in [0.25, 0.3) is 0 Å². The summed E-state index contributed by atoms with van der Waals surface area (Å²) >= 11 is 1.72. The quantitative estimate of drug-likeness (QED) is 0.838. The van der Waals surface area contributed by atoms with Crippen molar-refractivity contribution in [1.29, 1.82) is 0 Å². The van der Waals surface area contributed by atoms with Crippen molar-refractivity contribution in [1.82, 2.24) is 14.1 Å². The number of sulfonamides is 1. The average molecular weight is 395 g/mol. The van der Waals surface area contributed by atoms with Gasteiger partial charge in [0.1, 0.15) is 0 Å². The summed E-state index contributed by atoms with van der Waals surface area (Å²) in [4.78, 5) is 12.7. The lowest BCUT2D eigenvalue weighted by atomic mass is 10.1. The van der Waals surface area contributed by atoms with Gasteiger partial charge >= 0.3 is 0 Å². The van der Waals surface area contributed by atoms with Crippen LogP contribution in [-0.4, -0.2) is 53.0 Å². The summed E-state index contributed by atoms with van der Waals surface area (Å²) in [6.07, 6.45) is 2.36. The summed E-state index contributed by atoms with van der Waals surface area (Å²) in [5, 5.41) is 6.64. The van der Waals surface area contributed by atoms with E-state index in [1.165, 1.54) is 15.2 Å². The fourth-order valence-corrected chi connectivity index (χ4v) is 5.44. The molecule has 1 amide bonds. The van der Waals surface area contributed by atoms with Crippen molar-refractivity contribution in [2.45, 2.75) is 18.4 Å². The van der Waals surface area contributed by atoms with Gasteiger partial charge in [0.25, 0.3) is 15.9 Å². The first-order valence-corrected chi connectivity index (χ1v) is 11.0. The third-order valence-electron chi connectivity index (χ3n) is 4.21. The molecule has 2 heterocycles. The summed E-state index contributed by atoms with van der Waals surface area (Å²) in [7, 11) is -2.18. The van der Waals surface area contributed by atoms with Gasteiger partial charge in [0.15, 0.2) is 0 Å². The van der Waals surface area contributed by atoms with Crippen LogP contribution in [0.5, 0.6) is 0 Å². The summed E-state index contributed by atoms with van der Waals surface area (Å²) in [5.74, 6) is 1.02. The summed E-state index contributed by atoms with van der Waals surface area (Å²) in [5.41, 5.74) is 1.84. The Morgan fingerprint density at radius 2 is 1.88 bits per heavy atom. The minimum Gasteiger partial charge on any atom is -0.322 e. The second-order valence-corrected chi connectivity index (χ2v) is 9.12. The molecule has 26 heavy (non-hydrogen) atoms. The molecular formula is C17H22N4O3S2. The Labute approximate surface area is 157 Å². The van der Waals surface area contributed by atoms with Crippen LogP contribution >= 0.6 is 11.8 Å². The highest BCUT2D eigenvalue weighted by atomic mass is 32.2. The van der Waals surface area contributed by atoms with Crippen molar-refractivity contribution in [2.24, 2.45) is 7.05 Å². The molecule has 0 atom stereocenters. The molecule has 9 heteroatoms. The van der Waals surface area contributed by atoms with E-state index in [1.54, 1.807) is 18.8 Å². The molecule has 2 aromatic rings. The normalized spacial score (nSPS) is 15.8. The minimum absolute atomic E-state index is 0.0605. The van der Waals surface area contributed by atoms with E-state index in [9.17, 15) is 13.2 Å². The Morgan fingerprint density at radius 3 is 2.50 bits per heavy atom. The second kappa shape index (κ2) is 7.81. The Kier molecular flexibility index (Phi) is 5.69. The Bertz CT molecular complexity index is 885. The lowest BCUT2D eigenvalue weighted by molar-refractivity contribution is 0.102. The maximum atomic E-state index is 12.9. The third-order valence-corrected chi connectivity index (χ3v) is 6.99. The van der Waals surface area contributed by atoms with Gasteiger partial charge in [0.2, 0.25) is 5.03 Å². The number of hydrogen-bond acceptors (Lipinski definition) is 5. The van der Waals surface area contributed by atoms with Crippen LogP contribution in [0.1, 0.15) is 22.8 Å². The highest BCUT2D eigenvalue weighted by molar-refractivity contribution is 7.99. The van der Waals surface area contributed by atoms with Gasteiger partial charge in [0.05, 0.1) is 5.56 Å². The maximum Gasteiger partial charge on any atom is 0.263 e. The second-order valence-electron chi connectivity index (χ2n) is 6.04. The lowest BCUT2D eigenvalue weighted by Gasteiger charge is -2.24. The molecule has 7 nitrogen and oxygen atoms in total. The first-order chi connectivity index (χ1) is 12.4. The number of carbonyl (C=O) groups excluding carboxylic acids is 1. The zero-order valence-electron chi connectivity index (χ0n) is 14.8. The van der Waals surface area contributed by atoms with Crippen LogP contribution in [0.2, 0.25) is 0 Å². The summed E-state index contributed by atoms with van der Waals surface area (Å²) in [6, 6.07) is 7.48. The molecule has 1 N–H and O–H groups in total. The van der Waals surface area contributed by atoms with Gasteiger partial charge in [-0.3, -0.25) is 9.48 Å². The molecule has 0 bridgehead atoms. The molecule has 0 unspecified atom stereocenters. The molecular weight excluding hydrogens is 372 g/mol. The standard InChI is InChI=1S/C17H22N4O3S2/c1-3-13-4-6-14(7-5-13)18-16(22)15-12-20(2)19-17(15)26(23,24)21-8-10-25-11-9-21/h4-7,12H,3,8-11H2,1-2H3,(H,18,22). The maximum absolute atomic E-state index is 12.9. The Hall–Kier alpha value is -1.84. The number of thioether (sulfide) groups is 1. The Balaban J connectivity index is 1.86. The van der Waals surface area contributed by atoms with E-state index in [4.69, 9.17) is 0 Å². The van der Waals surface area contributed by atoms with Gasteiger partial charge in [-0.1, -0.05) is 19.1 Å². The van der Waals surface area contributed by atoms with E-state index in [1.807, 2.05) is 24.3 Å². The number of nitrogens with zero attached hydrogens (tertiary/aromatic N) is 3. The third kappa shape index (κ3) is 3.94. The number of aromatic nitrogens is 2. The van der Waals surface area contributed by atoms with Crippen LogP contribution in [0.3, 0.4) is 0 Å². The monoisotopic (exact) mass is 394 g/mol. The molecule has 0 radical (unpaired) electrons. The fourth-order valence-electron chi connectivity index (χ4n) is 2.75. The molecule has 1 aliphatic heterocycles. The minimum atomic E-state index is -3.79. The molecule has 1 aromatic heterocycles. The summed E-state index contributed by atoms with van der Waals surface area (Å²) in [6.45, 7) is 2.92. The van der Waals surface area contributed by atoms with Gasteiger partial charge in [-0.25, -0.2) is 8.42 Å². The zero-order chi connectivity index (χ0) is 18.7. The molecule has 0 spiro atoms. The molecule has 0 saturated carbocycles. The predicted molar refractivity (Wildman–Crippen MR) is 103 cm³/mol. The van der Waals surface area contributed by atoms with Crippen molar-refractivity contribution >= 4 is 33.4 Å². The number of benzene rings is 1. The van der Waals surface area contributed by atoms with E-state index in [2.05, 4.69) is 17.3 Å². The van der Waals surface area contributed by atoms with Crippen molar-refractivity contribution in [2.75, 3.05) is 29.9 Å². The fraction of sp³-hybridized carbons (Fsp3) is 0.412. The number of hydrogen-bond donors (Lipinski definition) is 1. The van der Waals surface area contributed by atoms with Crippen LogP contribution in [0.4, 0.5) is 5.69 Å². The topological polar surface area (TPSA) is 84.3 Å². The van der Waals surface area contributed by atoms with E-state index in [0.29, 0.717) is 18.8 Å². The first-order valence-electron chi connectivity index (χ1n) is 8.43. The molecule has 1 saturated heterocycles. The van der Waals surface area contributed by atoms with Gasteiger partial charge in [-0.2, -0.15) is 21.2 Å². The smallest absolute Gasteiger partial charge is 0.263 e. The molecule has 0 aliphatic carbocycles. The van der Waals surface area contributed by atoms with E-state index in [0.717, 1.165) is 23.5 Å². The highest BCUT2D eigenvalue weighted by Gasteiger charge is 2.33. The zero-order valence-corrected chi connectivity index (χ0v) is 16.4. The van der Waals surface area contributed by atoms with Crippen molar-refractivity contribution in [3.63, 3.8) is 0 Å². The van der Waals surface area contributed by atoms with Crippen LogP contribution in [-0.2, 0) is 23.5 Å². The highest BCUT2D eigenvalue weighted by Crippen LogP contribution is 2.23. The average Bonchev–Trinajstić information content (AvgIpc) is 3.06. The molecule has 140 valence electrons. The van der Waals surface area contributed by atoms with Gasteiger partial charge in [-0.15, -0.1) is 0 Å². The van der Waals surface area contributed by atoms with E-state index in [-0.39, 0.29) is 10.6 Å². The molecule has 3 rings (SSSR count). The van der Waals surface area contributed by atoms with Crippen LogP contribution in [0.15, 0.2) is 35.5 Å². The molecule has 1 aromatic carbocycles. The first kappa shape index (κ1) is 18.9. The molecule has 1 aliphatic rings. The number of carbonyl (C=O) groups is 1. The van der Waals surface area contributed by atoms with E-state index < -0.39 is 15.9 Å². The van der Waals surface area contributed by atoms with Crippen molar-refractivity contribution < 1.29 is 13.2 Å². The number of aryl methyl sites for hydroxylation is 2. The van der Waals surface area contributed by atoms with Gasteiger partial charge in [-0.05, 0) is 24.1 Å². The SMILES string of the molecule is CCc1ccc(NC(=O)c2cn(C)nc2S(=O)(=O)N2CCSCC2)cc1. The van der Waals surface area contributed by atoms with Crippen LogP contribution in [0, 0.1) is 0 Å². The lowest BCUT2D eigenvalue weighted by Crippen LogP contribution is -2.38. The van der Waals surface area contributed by atoms with E-state index >= 15 is 0 Å².